The number of dihydropyridines is 1. The summed E-state index contributed by atoms with van der Waals surface area (Å²) < 4.78 is 0. The Labute approximate surface area is 371 Å². The van der Waals surface area contributed by atoms with Crippen molar-refractivity contribution in [1.82, 2.24) is 5.32 Å². The average molecular weight is 819 g/mol. The molecule has 1 aromatic carbocycles. The fraction of sp³-hybridized carbons (Fsp3) is 0.466. The smallest absolute Gasteiger partial charge is 0.169 e. The van der Waals surface area contributed by atoms with Gasteiger partial charge in [-0.2, -0.15) is 0 Å². The zero-order valence-electron chi connectivity index (χ0n) is 36.7. The molecule has 4 nitrogen and oxygen atoms in total. The third kappa shape index (κ3) is 8.24. The predicted octanol–water partition coefficient (Wildman–Crippen LogP) is 13.7. The van der Waals surface area contributed by atoms with E-state index in [1.54, 1.807) is 0 Å². The number of fused-ring (bicyclic) bond motifs is 2. The van der Waals surface area contributed by atoms with E-state index in [-0.39, 0.29) is 6.17 Å². The summed E-state index contributed by atoms with van der Waals surface area (Å²) in [5.74, 6) is 7.67. The Kier molecular flexibility index (Phi) is 11.7. The van der Waals surface area contributed by atoms with Crippen LogP contribution in [0.15, 0.2) is 171 Å². The molecule has 8 aliphatic carbocycles. The fourth-order valence-corrected chi connectivity index (χ4v) is 13.2. The molecule has 318 valence electrons. The van der Waals surface area contributed by atoms with E-state index in [2.05, 4.69) is 145 Å². The number of aliphatic imine (C=N–C) groups is 3. The van der Waals surface area contributed by atoms with E-state index in [9.17, 15) is 0 Å². The summed E-state index contributed by atoms with van der Waals surface area (Å²) >= 11 is 0. The number of hydrogen-bond acceptors (Lipinski definition) is 4. The maximum absolute atomic E-state index is 6.03. The SMILES string of the molecule is C1=CCC(c2ccc(C3N=C(C4=CCC(C5=CCCC=C5)C=C4)NC(C4=CC=CC(C5C=CC(C6CCCC7CCC=CC76)=NC5C5CCCC6C=CCCC65)C4)=N3)cc2)C=C1. The van der Waals surface area contributed by atoms with Gasteiger partial charge in [-0.1, -0.05) is 146 Å². The maximum Gasteiger partial charge on any atom is 0.169 e. The zero-order valence-corrected chi connectivity index (χ0v) is 36.7. The second-order valence-electron chi connectivity index (χ2n) is 20.1. The van der Waals surface area contributed by atoms with Crippen molar-refractivity contribution in [2.24, 2.45) is 68.2 Å². The van der Waals surface area contributed by atoms with E-state index in [0.717, 1.165) is 67.1 Å². The first-order valence-electron chi connectivity index (χ1n) is 24.8. The molecule has 0 spiro atoms. The van der Waals surface area contributed by atoms with Crippen LogP contribution in [0.2, 0.25) is 0 Å². The highest BCUT2D eigenvalue weighted by Crippen LogP contribution is 2.49. The number of benzene rings is 1. The van der Waals surface area contributed by atoms with Gasteiger partial charge in [0.1, 0.15) is 11.7 Å². The predicted molar refractivity (Wildman–Crippen MR) is 259 cm³/mol. The van der Waals surface area contributed by atoms with Crippen LogP contribution in [0.25, 0.3) is 0 Å². The van der Waals surface area contributed by atoms with E-state index >= 15 is 0 Å². The lowest BCUT2D eigenvalue weighted by Gasteiger charge is -2.47. The van der Waals surface area contributed by atoms with Gasteiger partial charge in [-0.3, -0.25) is 4.99 Å². The Morgan fingerprint density at radius 1 is 0.548 bits per heavy atom. The molecule has 0 radical (unpaired) electrons. The van der Waals surface area contributed by atoms with E-state index in [4.69, 9.17) is 15.0 Å². The summed E-state index contributed by atoms with van der Waals surface area (Å²) in [4.78, 5) is 16.9. The van der Waals surface area contributed by atoms with Crippen LogP contribution in [0, 0.1) is 53.3 Å². The lowest BCUT2D eigenvalue weighted by atomic mass is 9.61. The van der Waals surface area contributed by atoms with Crippen molar-refractivity contribution in [1.29, 1.82) is 0 Å². The molecule has 1 aromatic rings. The highest BCUT2D eigenvalue weighted by Gasteiger charge is 2.44. The molecule has 0 saturated heterocycles. The first-order valence-corrected chi connectivity index (χ1v) is 24.8. The standard InChI is InChI=1S/C58H66N4/c1-3-14-39(15-4-1)41-28-32-45(33-29-41)56-60-57(46-34-30-42(31-35-46)40-16-5-2-6-17-40)62-58(61-56)48-23-11-22-47(38-48)51-36-37-54(52-26-12-20-43-18-7-9-24-49(43)52)59-55(51)53-27-13-21-44-19-8-10-25-50(44)53/h1,3-5,8-9,11,14,16-17,19,22-24,28-30,32-37,39,42-44,47,49-53,55-56H,2,6-7,10,12-13,15,18,20-21,25-27,31,38H2,(H,60,61,62). The van der Waals surface area contributed by atoms with Crippen LogP contribution in [-0.4, -0.2) is 23.4 Å². The molecule has 2 saturated carbocycles. The van der Waals surface area contributed by atoms with Gasteiger partial charge in [-0.05, 0) is 147 Å². The summed E-state index contributed by atoms with van der Waals surface area (Å²) in [5.41, 5.74) is 7.81. The first kappa shape index (κ1) is 40.0. The third-order valence-corrected chi connectivity index (χ3v) is 16.5. The molecule has 11 rings (SSSR count). The van der Waals surface area contributed by atoms with Gasteiger partial charge < -0.3 is 5.32 Å². The molecule has 2 fully saturated rings. The summed E-state index contributed by atoms with van der Waals surface area (Å²) in [6.45, 7) is 0. The molecule has 10 aliphatic rings. The number of allylic oxidation sites excluding steroid dienone is 18. The first-order chi connectivity index (χ1) is 30.7. The summed E-state index contributed by atoms with van der Waals surface area (Å²) in [7, 11) is 0. The second kappa shape index (κ2) is 18.1. The normalized spacial score (nSPS) is 37.2. The second-order valence-corrected chi connectivity index (χ2v) is 20.1. The van der Waals surface area contributed by atoms with Crippen LogP contribution >= 0.6 is 0 Å². The molecule has 2 aliphatic heterocycles. The van der Waals surface area contributed by atoms with Gasteiger partial charge in [0.2, 0.25) is 0 Å². The molecule has 2 heterocycles. The zero-order chi connectivity index (χ0) is 41.2. The number of rotatable bonds is 8. The molecule has 4 heteroatoms. The molecule has 12 atom stereocenters. The van der Waals surface area contributed by atoms with Crippen LogP contribution in [0.5, 0.6) is 0 Å². The van der Waals surface area contributed by atoms with Gasteiger partial charge in [0.15, 0.2) is 6.17 Å². The molecule has 1 N–H and O–H groups in total. The van der Waals surface area contributed by atoms with Gasteiger partial charge in [0.05, 0.1) is 6.04 Å². The van der Waals surface area contributed by atoms with Gasteiger partial charge in [0, 0.05) is 35.0 Å². The largest absolute Gasteiger partial charge is 0.325 e. The minimum Gasteiger partial charge on any atom is -0.325 e. The van der Waals surface area contributed by atoms with Crippen molar-refractivity contribution in [3.8, 4) is 0 Å². The topological polar surface area (TPSA) is 49.1 Å². The van der Waals surface area contributed by atoms with Crippen molar-refractivity contribution in [3.63, 3.8) is 0 Å². The van der Waals surface area contributed by atoms with Crippen LogP contribution in [0.4, 0.5) is 0 Å². The van der Waals surface area contributed by atoms with E-state index in [1.807, 2.05) is 0 Å². The van der Waals surface area contributed by atoms with Crippen LogP contribution in [-0.2, 0) is 0 Å². The molecule has 12 unspecified atom stereocenters. The molecular weight excluding hydrogens is 753 g/mol. The van der Waals surface area contributed by atoms with Crippen LogP contribution in [0.3, 0.4) is 0 Å². The summed E-state index contributed by atoms with van der Waals surface area (Å²) in [6, 6.07) is 9.46. The molecular formula is C58H66N4. The molecule has 0 aromatic heterocycles. The lowest BCUT2D eigenvalue weighted by Crippen LogP contribution is -2.44. The van der Waals surface area contributed by atoms with Crippen molar-refractivity contribution in [3.05, 3.63) is 168 Å². The Hall–Kier alpha value is -4.83. The van der Waals surface area contributed by atoms with E-state index in [1.165, 1.54) is 92.2 Å². The van der Waals surface area contributed by atoms with E-state index < -0.39 is 0 Å². The minimum atomic E-state index is -0.306. The van der Waals surface area contributed by atoms with Crippen molar-refractivity contribution < 1.29 is 0 Å². The van der Waals surface area contributed by atoms with Crippen LogP contribution in [0.1, 0.15) is 120 Å². The molecule has 62 heavy (non-hydrogen) atoms. The van der Waals surface area contributed by atoms with E-state index in [0.29, 0.717) is 47.5 Å². The number of hydrogen-bond donors (Lipinski definition) is 1. The summed E-state index contributed by atoms with van der Waals surface area (Å²) in [6.07, 6.45) is 63.7. The molecule has 0 amide bonds. The van der Waals surface area contributed by atoms with Crippen molar-refractivity contribution in [2.75, 3.05) is 0 Å². The van der Waals surface area contributed by atoms with Crippen molar-refractivity contribution in [2.45, 2.75) is 114 Å². The monoisotopic (exact) mass is 819 g/mol. The number of nitrogens with one attached hydrogen (secondary N) is 1. The maximum atomic E-state index is 6.03. The minimum absolute atomic E-state index is 0.306. The number of nitrogens with zero attached hydrogens (tertiary/aromatic N) is 3. The fourth-order valence-electron chi connectivity index (χ4n) is 13.2. The van der Waals surface area contributed by atoms with Gasteiger partial charge in [-0.15, -0.1) is 0 Å². The van der Waals surface area contributed by atoms with Gasteiger partial charge in [0.25, 0.3) is 0 Å². The third-order valence-electron chi connectivity index (χ3n) is 16.5. The molecule has 0 bridgehead atoms. The quantitative estimate of drug-likeness (QED) is 0.261. The van der Waals surface area contributed by atoms with Gasteiger partial charge >= 0.3 is 0 Å². The van der Waals surface area contributed by atoms with Crippen LogP contribution < -0.4 is 5.32 Å². The van der Waals surface area contributed by atoms with Crippen molar-refractivity contribution >= 4 is 17.4 Å². The average Bonchev–Trinajstić information content (AvgIpc) is 3.36. The Morgan fingerprint density at radius 2 is 1.44 bits per heavy atom. The highest BCUT2D eigenvalue weighted by atomic mass is 15.2. The lowest BCUT2D eigenvalue weighted by molar-refractivity contribution is 0.117. The Balaban J connectivity index is 0.884. The highest BCUT2D eigenvalue weighted by molar-refractivity contribution is 6.16. The Morgan fingerprint density at radius 3 is 2.31 bits per heavy atom. The summed E-state index contributed by atoms with van der Waals surface area (Å²) in [5, 5.41) is 3.84. The van der Waals surface area contributed by atoms with Gasteiger partial charge in [-0.25, -0.2) is 9.98 Å². The Bertz CT molecular complexity index is 2290. The number of amidine groups is 2.